The molecule has 2 nitrogen and oxygen atoms in total. The van der Waals surface area contributed by atoms with Crippen molar-refractivity contribution in [3.8, 4) is 39.1 Å². The fourth-order valence-corrected chi connectivity index (χ4v) is 8.08. The number of benzene rings is 9. The van der Waals surface area contributed by atoms with Crippen LogP contribution in [0.4, 0.5) is 17.1 Å². The van der Waals surface area contributed by atoms with Gasteiger partial charge in [0.2, 0.25) is 0 Å². The van der Waals surface area contributed by atoms with E-state index in [2.05, 4.69) is 228 Å². The summed E-state index contributed by atoms with van der Waals surface area (Å²) in [5, 5.41) is 4.83. The van der Waals surface area contributed by atoms with Crippen LogP contribution >= 0.6 is 0 Å². The van der Waals surface area contributed by atoms with E-state index in [9.17, 15) is 0 Å². The third-order valence-corrected chi connectivity index (χ3v) is 10.6. The summed E-state index contributed by atoms with van der Waals surface area (Å²) in [5.41, 5.74) is 14.0. The van der Waals surface area contributed by atoms with E-state index in [0.717, 1.165) is 28.3 Å². The van der Waals surface area contributed by atoms with E-state index in [1.807, 2.05) is 0 Å². The highest BCUT2D eigenvalue weighted by molar-refractivity contribution is 6.17. The molecule has 0 aliphatic carbocycles. The van der Waals surface area contributed by atoms with Gasteiger partial charge in [0.15, 0.2) is 0 Å². The van der Waals surface area contributed by atoms with Gasteiger partial charge in [-0.15, -0.1) is 0 Å². The maximum absolute atomic E-state index is 2.47. The van der Waals surface area contributed by atoms with Crippen LogP contribution in [0.5, 0.6) is 0 Å². The van der Waals surface area contributed by atoms with E-state index in [1.165, 1.54) is 60.4 Å². The summed E-state index contributed by atoms with van der Waals surface area (Å²) in [6.45, 7) is 0. The Labute approximate surface area is 315 Å². The Morgan fingerprint density at radius 2 is 0.889 bits per heavy atom. The molecule has 0 aliphatic heterocycles. The third-order valence-electron chi connectivity index (χ3n) is 10.6. The Balaban J connectivity index is 1.28. The highest BCUT2D eigenvalue weighted by Gasteiger charge is 2.24. The normalized spacial score (nSPS) is 11.3. The molecule has 0 saturated carbocycles. The molecule has 0 aliphatic rings. The molecule has 0 N–H and O–H groups in total. The number of para-hydroxylation sites is 2. The Morgan fingerprint density at radius 3 is 1.59 bits per heavy atom. The first-order valence-electron chi connectivity index (χ1n) is 18.5. The maximum atomic E-state index is 2.47. The van der Waals surface area contributed by atoms with Gasteiger partial charge in [-0.25, -0.2) is 0 Å². The van der Waals surface area contributed by atoms with Crippen LogP contribution in [-0.2, 0) is 0 Å². The zero-order valence-electron chi connectivity index (χ0n) is 29.7. The molecule has 54 heavy (non-hydrogen) atoms. The molecule has 10 rings (SSSR count). The average Bonchev–Trinajstić information content (AvgIpc) is 3.59. The number of anilines is 3. The van der Waals surface area contributed by atoms with Gasteiger partial charge in [0.1, 0.15) is 0 Å². The molecule has 1 heterocycles. The second kappa shape index (κ2) is 13.4. The van der Waals surface area contributed by atoms with Crippen molar-refractivity contribution in [2.45, 2.75) is 0 Å². The van der Waals surface area contributed by atoms with Gasteiger partial charge < -0.3 is 9.47 Å². The predicted molar refractivity (Wildman–Crippen MR) is 229 cm³/mol. The minimum absolute atomic E-state index is 1.10. The molecule has 254 valence electrons. The van der Waals surface area contributed by atoms with E-state index in [4.69, 9.17) is 0 Å². The predicted octanol–water partition coefficient (Wildman–Crippen LogP) is 14.4. The molecule has 0 fully saturated rings. The van der Waals surface area contributed by atoms with Crippen LogP contribution in [0, 0.1) is 0 Å². The molecule has 0 bridgehead atoms. The standard InChI is InChI=1S/C52H36N2/c1-5-18-37(19-6-1)42-32-33-48(45(35-42)38-20-7-2-8-21-38)54-47-29-16-15-28-44(47)52-49(30-17-31-50(52)54)53(43-26-11-4-12-27-43)51-36-41-25-14-13-24-40(41)34-46(51)39-22-9-3-10-23-39/h1-36H. The Bertz CT molecular complexity index is 2910. The molecule has 0 atom stereocenters. The van der Waals surface area contributed by atoms with Gasteiger partial charge in [0.25, 0.3) is 0 Å². The van der Waals surface area contributed by atoms with Crippen LogP contribution in [0.15, 0.2) is 218 Å². The van der Waals surface area contributed by atoms with Crippen LogP contribution in [0.25, 0.3) is 71.6 Å². The first kappa shape index (κ1) is 31.6. The maximum Gasteiger partial charge on any atom is 0.0562 e. The van der Waals surface area contributed by atoms with Crippen LogP contribution in [-0.4, -0.2) is 4.57 Å². The molecule has 2 heteroatoms. The molecule has 0 saturated heterocycles. The zero-order valence-corrected chi connectivity index (χ0v) is 29.7. The highest BCUT2D eigenvalue weighted by Crippen LogP contribution is 2.48. The minimum Gasteiger partial charge on any atom is -0.309 e. The van der Waals surface area contributed by atoms with Crippen molar-refractivity contribution < 1.29 is 0 Å². The molecular formula is C52H36N2. The number of nitrogens with zero attached hydrogens (tertiary/aromatic N) is 2. The molecule has 0 radical (unpaired) electrons. The van der Waals surface area contributed by atoms with Crippen molar-refractivity contribution in [1.82, 2.24) is 4.57 Å². The smallest absolute Gasteiger partial charge is 0.0562 e. The highest BCUT2D eigenvalue weighted by atomic mass is 15.2. The van der Waals surface area contributed by atoms with Crippen molar-refractivity contribution in [1.29, 1.82) is 0 Å². The number of hydrogen-bond acceptors (Lipinski definition) is 1. The van der Waals surface area contributed by atoms with Crippen molar-refractivity contribution in [3.63, 3.8) is 0 Å². The van der Waals surface area contributed by atoms with Gasteiger partial charge in [0, 0.05) is 27.6 Å². The lowest BCUT2D eigenvalue weighted by molar-refractivity contribution is 1.18. The molecule has 9 aromatic carbocycles. The van der Waals surface area contributed by atoms with E-state index in [0.29, 0.717) is 0 Å². The molecule has 0 unspecified atom stereocenters. The van der Waals surface area contributed by atoms with Crippen LogP contribution in [0.3, 0.4) is 0 Å². The second-order valence-electron chi connectivity index (χ2n) is 13.7. The van der Waals surface area contributed by atoms with E-state index in [-0.39, 0.29) is 0 Å². The molecule has 10 aromatic rings. The summed E-state index contributed by atoms with van der Waals surface area (Å²) in [6, 6.07) is 79.0. The molecule has 0 amide bonds. The Hall–Kier alpha value is -7.16. The van der Waals surface area contributed by atoms with Crippen molar-refractivity contribution in [2.24, 2.45) is 0 Å². The van der Waals surface area contributed by atoms with Gasteiger partial charge >= 0.3 is 0 Å². The Morgan fingerprint density at radius 1 is 0.333 bits per heavy atom. The molecular weight excluding hydrogens is 653 g/mol. The quantitative estimate of drug-likeness (QED) is 0.162. The van der Waals surface area contributed by atoms with Crippen molar-refractivity contribution in [3.05, 3.63) is 218 Å². The molecule has 1 aromatic heterocycles. The summed E-state index contributed by atoms with van der Waals surface area (Å²) < 4.78 is 2.47. The lowest BCUT2D eigenvalue weighted by Gasteiger charge is -2.29. The third kappa shape index (κ3) is 5.44. The van der Waals surface area contributed by atoms with Gasteiger partial charge in [-0.2, -0.15) is 0 Å². The first-order valence-corrected chi connectivity index (χ1v) is 18.5. The monoisotopic (exact) mass is 688 g/mol. The van der Waals surface area contributed by atoms with Crippen LogP contribution in [0.2, 0.25) is 0 Å². The zero-order chi connectivity index (χ0) is 35.8. The van der Waals surface area contributed by atoms with Gasteiger partial charge in [-0.1, -0.05) is 164 Å². The lowest BCUT2D eigenvalue weighted by atomic mass is 9.97. The van der Waals surface area contributed by atoms with Crippen LogP contribution < -0.4 is 4.90 Å². The van der Waals surface area contributed by atoms with Crippen molar-refractivity contribution in [2.75, 3.05) is 4.90 Å². The lowest BCUT2D eigenvalue weighted by Crippen LogP contribution is -2.12. The summed E-state index contributed by atoms with van der Waals surface area (Å²) >= 11 is 0. The van der Waals surface area contributed by atoms with Gasteiger partial charge in [0.05, 0.1) is 28.1 Å². The summed E-state index contributed by atoms with van der Waals surface area (Å²) in [7, 11) is 0. The minimum atomic E-state index is 1.10. The summed E-state index contributed by atoms with van der Waals surface area (Å²) in [5.74, 6) is 0. The van der Waals surface area contributed by atoms with Gasteiger partial charge in [-0.3, -0.25) is 0 Å². The number of rotatable bonds is 7. The average molecular weight is 689 g/mol. The Kier molecular flexibility index (Phi) is 7.85. The fraction of sp³-hybridized carbons (Fsp3) is 0. The molecule has 0 spiro atoms. The topological polar surface area (TPSA) is 8.17 Å². The number of hydrogen-bond donors (Lipinski definition) is 0. The number of fused-ring (bicyclic) bond motifs is 4. The van der Waals surface area contributed by atoms with E-state index >= 15 is 0 Å². The first-order chi connectivity index (χ1) is 26.8. The SMILES string of the molecule is c1ccc(-c2ccc(-n3c4ccccc4c4c(N(c5ccccc5)c5cc6ccccc6cc5-c5ccccc5)cccc43)c(-c3ccccc3)c2)cc1. The largest absolute Gasteiger partial charge is 0.309 e. The van der Waals surface area contributed by atoms with E-state index < -0.39 is 0 Å². The van der Waals surface area contributed by atoms with E-state index in [1.54, 1.807) is 0 Å². The number of aromatic nitrogens is 1. The van der Waals surface area contributed by atoms with Gasteiger partial charge in [-0.05, 0) is 87.6 Å². The fourth-order valence-electron chi connectivity index (χ4n) is 8.08. The second-order valence-corrected chi connectivity index (χ2v) is 13.7. The van der Waals surface area contributed by atoms with Crippen LogP contribution in [0.1, 0.15) is 0 Å². The van der Waals surface area contributed by atoms with Crippen molar-refractivity contribution >= 4 is 49.6 Å². The summed E-state index contributed by atoms with van der Waals surface area (Å²) in [6.07, 6.45) is 0. The summed E-state index contributed by atoms with van der Waals surface area (Å²) in [4.78, 5) is 2.46.